The minimum Gasteiger partial charge on any atom is -0.348 e. The molecule has 1 amide bonds. The molecular weight excluding hydrogens is 214 g/mol. The number of hydrogen-bond donors (Lipinski definition) is 2. The van der Waals surface area contributed by atoms with Gasteiger partial charge in [0, 0.05) is 12.4 Å². The lowest BCUT2D eigenvalue weighted by molar-refractivity contribution is -0.127. The Morgan fingerprint density at radius 1 is 1.41 bits per heavy atom. The SMILES string of the molecule is CCC(N)(CC)C(=O)N[C@@H](C)c1ccncc1. The monoisotopic (exact) mass is 235 g/mol. The Morgan fingerprint density at radius 2 is 1.94 bits per heavy atom. The lowest BCUT2D eigenvalue weighted by Gasteiger charge is -2.27. The minimum atomic E-state index is -0.763. The van der Waals surface area contributed by atoms with Crippen LogP contribution in [0.3, 0.4) is 0 Å². The molecule has 0 aliphatic rings. The van der Waals surface area contributed by atoms with Crippen molar-refractivity contribution in [1.82, 2.24) is 10.3 Å². The van der Waals surface area contributed by atoms with Crippen molar-refractivity contribution >= 4 is 5.91 Å². The van der Waals surface area contributed by atoms with Crippen LogP contribution in [0.25, 0.3) is 0 Å². The van der Waals surface area contributed by atoms with Crippen molar-refractivity contribution in [3.8, 4) is 0 Å². The lowest BCUT2D eigenvalue weighted by Crippen LogP contribution is -2.53. The zero-order chi connectivity index (χ0) is 12.9. The van der Waals surface area contributed by atoms with Gasteiger partial charge in [0.2, 0.25) is 5.91 Å². The highest BCUT2D eigenvalue weighted by Gasteiger charge is 2.30. The van der Waals surface area contributed by atoms with Crippen LogP contribution in [0, 0.1) is 0 Å². The van der Waals surface area contributed by atoms with Crippen molar-refractivity contribution in [2.45, 2.75) is 45.2 Å². The van der Waals surface area contributed by atoms with Gasteiger partial charge in [-0.15, -0.1) is 0 Å². The Morgan fingerprint density at radius 3 is 2.41 bits per heavy atom. The Labute approximate surface area is 103 Å². The number of rotatable bonds is 5. The highest BCUT2D eigenvalue weighted by Crippen LogP contribution is 2.15. The van der Waals surface area contributed by atoms with Crippen LogP contribution in [0.1, 0.15) is 45.2 Å². The molecule has 1 atom stereocenters. The van der Waals surface area contributed by atoms with Crippen LogP contribution in [-0.2, 0) is 4.79 Å². The van der Waals surface area contributed by atoms with E-state index in [1.54, 1.807) is 12.4 Å². The predicted octanol–water partition coefficient (Wildman–Crippen LogP) is 1.78. The molecule has 1 heterocycles. The largest absolute Gasteiger partial charge is 0.348 e. The summed E-state index contributed by atoms with van der Waals surface area (Å²) in [5, 5.41) is 2.95. The van der Waals surface area contributed by atoms with Gasteiger partial charge in [-0.3, -0.25) is 9.78 Å². The molecule has 0 radical (unpaired) electrons. The molecule has 0 fully saturated rings. The molecule has 94 valence electrons. The zero-order valence-corrected chi connectivity index (χ0v) is 10.7. The van der Waals surface area contributed by atoms with E-state index in [4.69, 9.17) is 5.73 Å². The van der Waals surface area contributed by atoms with Gasteiger partial charge >= 0.3 is 0 Å². The van der Waals surface area contributed by atoms with Gasteiger partial charge in [0.1, 0.15) is 0 Å². The van der Waals surface area contributed by atoms with Crippen LogP contribution in [0.4, 0.5) is 0 Å². The highest BCUT2D eigenvalue weighted by atomic mass is 16.2. The maximum Gasteiger partial charge on any atom is 0.240 e. The molecule has 0 aliphatic heterocycles. The van der Waals surface area contributed by atoms with Gasteiger partial charge in [-0.2, -0.15) is 0 Å². The van der Waals surface area contributed by atoms with Crippen LogP contribution < -0.4 is 11.1 Å². The summed E-state index contributed by atoms with van der Waals surface area (Å²) < 4.78 is 0. The summed E-state index contributed by atoms with van der Waals surface area (Å²) >= 11 is 0. The molecular formula is C13H21N3O. The number of carbonyl (C=O) groups excluding carboxylic acids is 1. The highest BCUT2D eigenvalue weighted by molar-refractivity contribution is 5.86. The number of carbonyl (C=O) groups is 1. The molecule has 1 rings (SSSR count). The molecule has 0 aromatic carbocycles. The molecule has 0 aliphatic carbocycles. The summed E-state index contributed by atoms with van der Waals surface area (Å²) in [5.41, 5.74) is 6.31. The third-order valence-electron chi connectivity index (χ3n) is 3.27. The molecule has 3 N–H and O–H groups in total. The summed E-state index contributed by atoms with van der Waals surface area (Å²) in [6.45, 7) is 5.80. The van der Waals surface area contributed by atoms with Gasteiger partial charge in [0.25, 0.3) is 0 Å². The van der Waals surface area contributed by atoms with E-state index in [1.165, 1.54) is 0 Å². The van der Waals surface area contributed by atoms with Crippen molar-refractivity contribution in [3.63, 3.8) is 0 Å². The molecule has 17 heavy (non-hydrogen) atoms. The van der Waals surface area contributed by atoms with Crippen LogP contribution in [-0.4, -0.2) is 16.4 Å². The van der Waals surface area contributed by atoms with E-state index in [0.29, 0.717) is 12.8 Å². The van der Waals surface area contributed by atoms with Gasteiger partial charge in [-0.1, -0.05) is 13.8 Å². The summed E-state index contributed by atoms with van der Waals surface area (Å²) in [6.07, 6.45) is 4.71. The molecule has 1 aromatic rings. The Balaban J connectivity index is 2.69. The first kappa shape index (κ1) is 13.6. The van der Waals surface area contributed by atoms with Crippen molar-refractivity contribution in [2.24, 2.45) is 5.73 Å². The minimum absolute atomic E-state index is 0.0495. The van der Waals surface area contributed by atoms with E-state index in [0.717, 1.165) is 5.56 Å². The second-order valence-corrected chi connectivity index (χ2v) is 4.34. The van der Waals surface area contributed by atoms with Crippen LogP contribution in [0.15, 0.2) is 24.5 Å². The fraction of sp³-hybridized carbons (Fsp3) is 0.538. The number of nitrogens with zero attached hydrogens (tertiary/aromatic N) is 1. The summed E-state index contributed by atoms with van der Waals surface area (Å²) in [5.74, 6) is -0.0909. The van der Waals surface area contributed by atoms with Crippen molar-refractivity contribution in [1.29, 1.82) is 0 Å². The van der Waals surface area contributed by atoms with E-state index in [2.05, 4.69) is 10.3 Å². The van der Waals surface area contributed by atoms with Gasteiger partial charge < -0.3 is 11.1 Å². The smallest absolute Gasteiger partial charge is 0.240 e. The molecule has 0 bridgehead atoms. The molecule has 0 spiro atoms. The second-order valence-electron chi connectivity index (χ2n) is 4.34. The molecule has 4 nitrogen and oxygen atoms in total. The lowest BCUT2D eigenvalue weighted by atomic mass is 9.92. The average Bonchev–Trinajstić information content (AvgIpc) is 2.38. The van der Waals surface area contributed by atoms with Gasteiger partial charge in [0.05, 0.1) is 11.6 Å². The molecule has 1 aromatic heterocycles. The Hall–Kier alpha value is -1.42. The first-order valence-electron chi connectivity index (χ1n) is 6.03. The molecule has 4 heteroatoms. The number of amides is 1. The third-order valence-corrected chi connectivity index (χ3v) is 3.27. The zero-order valence-electron chi connectivity index (χ0n) is 10.7. The maximum absolute atomic E-state index is 12.1. The van der Waals surface area contributed by atoms with E-state index in [-0.39, 0.29) is 11.9 Å². The standard InChI is InChI=1S/C13H21N3O/c1-4-13(14,5-2)12(17)16-10(3)11-6-8-15-9-7-11/h6-10H,4-5,14H2,1-3H3,(H,16,17)/t10-/m0/s1. The number of nitrogens with two attached hydrogens (primary N) is 1. The molecule has 0 saturated heterocycles. The van der Waals surface area contributed by atoms with E-state index < -0.39 is 5.54 Å². The maximum atomic E-state index is 12.1. The predicted molar refractivity (Wildman–Crippen MR) is 68.3 cm³/mol. The van der Waals surface area contributed by atoms with Crippen molar-refractivity contribution in [2.75, 3.05) is 0 Å². The number of nitrogens with one attached hydrogen (secondary N) is 1. The normalized spacial score (nSPS) is 13.2. The van der Waals surface area contributed by atoms with Crippen LogP contribution in [0.2, 0.25) is 0 Å². The summed E-state index contributed by atoms with van der Waals surface area (Å²) in [4.78, 5) is 16.0. The van der Waals surface area contributed by atoms with E-state index in [9.17, 15) is 4.79 Å². The van der Waals surface area contributed by atoms with Crippen molar-refractivity contribution < 1.29 is 4.79 Å². The summed E-state index contributed by atoms with van der Waals surface area (Å²) in [6, 6.07) is 3.73. The fourth-order valence-electron chi connectivity index (χ4n) is 1.65. The third kappa shape index (κ3) is 3.27. The first-order valence-corrected chi connectivity index (χ1v) is 6.03. The van der Waals surface area contributed by atoms with Crippen LogP contribution >= 0.6 is 0 Å². The molecule has 0 saturated carbocycles. The van der Waals surface area contributed by atoms with Gasteiger partial charge in [0.15, 0.2) is 0 Å². The van der Waals surface area contributed by atoms with E-state index >= 15 is 0 Å². The quantitative estimate of drug-likeness (QED) is 0.817. The fourth-order valence-corrected chi connectivity index (χ4v) is 1.65. The van der Waals surface area contributed by atoms with E-state index in [1.807, 2.05) is 32.9 Å². The molecule has 0 unspecified atom stereocenters. The van der Waals surface area contributed by atoms with Gasteiger partial charge in [-0.05, 0) is 37.5 Å². The second kappa shape index (κ2) is 5.77. The number of pyridine rings is 1. The number of aromatic nitrogens is 1. The Bertz CT molecular complexity index is 360. The summed E-state index contributed by atoms with van der Waals surface area (Å²) in [7, 11) is 0. The average molecular weight is 235 g/mol. The number of hydrogen-bond acceptors (Lipinski definition) is 3. The first-order chi connectivity index (χ1) is 8.03. The van der Waals surface area contributed by atoms with Crippen LogP contribution in [0.5, 0.6) is 0 Å². The van der Waals surface area contributed by atoms with Crippen molar-refractivity contribution in [3.05, 3.63) is 30.1 Å². The van der Waals surface area contributed by atoms with Gasteiger partial charge in [-0.25, -0.2) is 0 Å². The topological polar surface area (TPSA) is 68.0 Å². The Kier molecular flexibility index (Phi) is 4.63.